The molecule has 4 rings (SSSR count). The molecule has 8 heteroatoms. The first-order chi connectivity index (χ1) is 13.1. The van der Waals surface area contributed by atoms with E-state index in [4.69, 9.17) is 4.74 Å². The Morgan fingerprint density at radius 3 is 2.89 bits per heavy atom. The van der Waals surface area contributed by atoms with Gasteiger partial charge in [0.2, 0.25) is 5.91 Å². The second-order valence-corrected chi connectivity index (χ2v) is 6.02. The lowest BCUT2D eigenvalue weighted by atomic mass is 10.1. The molecule has 0 radical (unpaired) electrons. The van der Waals surface area contributed by atoms with Crippen molar-refractivity contribution in [1.29, 1.82) is 0 Å². The molecule has 2 aromatic heterocycles. The highest BCUT2D eigenvalue weighted by molar-refractivity contribution is 6.10. The fourth-order valence-electron chi connectivity index (χ4n) is 3.12. The van der Waals surface area contributed by atoms with E-state index in [9.17, 15) is 14.7 Å². The number of ether oxygens (including phenoxy) is 1. The van der Waals surface area contributed by atoms with Crippen LogP contribution in [-0.4, -0.2) is 38.9 Å². The number of aromatic amines is 1. The predicted octanol–water partition coefficient (Wildman–Crippen LogP) is 2.86. The molecule has 4 aromatic rings. The van der Waals surface area contributed by atoms with Gasteiger partial charge in [-0.3, -0.25) is 9.89 Å². The number of nitrogens with zero attached hydrogens (tertiary/aromatic N) is 2. The Kier molecular flexibility index (Phi) is 4.00. The number of carbonyl (C=O) groups excluding carboxylic acids is 1. The number of rotatable bonds is 5. The fraction of sp³-hybridized carbons (Fsp3) is 0.105. The minimum Gasteiger partial charge on any atom is -0.497 e. The minimum atomic E-state index is -1.16. The fourth-order valence-corrected chi connectivity index (χ4v) is 3.12. The molecule has 0 atom stereocenters. The molecule has 1 amide bonds. The number of carbonyl (C=O) groups is 2. The molecular formula is C19H16N4O4. The summed E-state index contributed by atoms with van der Waals surface area (Å²) in [4.78, 5) is 23.9. The van der Waals surface area contributed by atoms with Crippen LogP contribution in [0.3, 0.4) is 0 Å². The van der Waals surface area contributed by atoms with E-state index < -0.39 is 5.97 Å². The Hall–Kier alpha value is -3.81. The Bertz CT molecular complexity index is 1180. The summed E-state index contributed by atoms with van der Waals surface area (Å²) >= 11 is 0. The molecule has 0 aliphatic rings. The van der Waals surface area contributed by atoms with Gasteiger partial charge in [-0.05, 0) is 36.4 Å². The van der Waals surface area contributed by atoms with Crippen LogP contribution < -0.4 is 10.1 Å². The van der Waals surface area contributed by atoms with Crippen LogP contribution in [0, 0.1) is 0 Å². The zero-order valence-corrected chi connectivity index (χ0v) is 14.4. The van der Waals surface area contributed by atoms with Crippen molar-refractivity contribution in [3.8, 4) is 5.75 Å². The molecule has 2 heterocycles. The molecule has 0 saturated carbocycles. The molecule has 3 N–H and O–H groups in total. The number of amides is 1. The highest BCUT2D eigenvalue weighted by Crippen LogP contribution is 2.26. The molecule has 0 fully saturated rings. The molecule has 136 valence electrons. The normalized spacial score (nSPS) is 11.0. The lowest BCUT2D eigenvalue weighted by Gasteiger charge is -2.09. The molecule has 0 aliphatic heterocycles. The lowest BCUT2D eigenvalue weighted by molar-refractivity contribution is -0.116. The summed E-state index contributed by atoms with van der Waals surface area (Å²) < 4.78 is 7.03. The maximum atomic E-state index is 12.6. The third kappa shape index (κ3) is 2.97. The van der Waals surface area contributed by atoms with Gasteiger partial charge in [-0.1, -0.05) is 6.07 Å². The quantitative estimate of drug-likeness (QED) is 0.504. The number of aromatic carboxylic acids is 1. The monoisotopic (exact) mass is 364 g/mol. The summed E-state index contributed by atoms with van der Waals surface area (Å²) in [5, 5.41) is 19.9. The highest BCUT2D eigenvalue weighted by atomic mass is 16.5. The number of fused-ring (bicyclic) bond motifs is 2. The van der Waals surface area contributed by atoms with Crippen LogP contribution in [0.25, 0.3) is 21.8 Å². The van der Waals surface area contributed by atoms with Gasteiger partial charge in [0.15, 0.2) is 5.69 Å². The van der Waals surface area contributed by atoms with Crippen LogP contribution in [-0.2, 0) is 11.3 Å². The van der Waals surface area contributed by atoms with Crippen molar-refractivity contribution < 1.29 is 19.4 Å². The van der Waals surface area contributed by atoms with E-state index in [-0.39, 0.29) is 18.1 Å². The Labute approximate surface area is 153 Å². The van der Waals surface area contributed by atoms with E-state index in [0.29, 0.717) is 16.6 Å². The van der Waals surface area contributed by atoms with E-state index in [1.165, 1.54) is 0 Å². The van der Waals surface area contributed by atoms with E-state index >= 15 is 0 Å². The number of carboxylic acid groups (broad SMARTS) is 1. The number of H-pyrrole nitrogens is 1. The zero-order valence-electron chi connectivity index (χ0n) is 14.4. The lowest BCUT2D eigenvalue weighted by Crippen LogP contribution is -2.18. The van der Waals surface area contributed by atoms with Gasteiger partial charge in [-0.25, -0.2) is 4.79 Å². The number of hydrogen-bond acceptors (Lipinski definition) is 4. The molecule has 8 nitrogen and oxygen atoms in total. The number of anilines is 1. The second kappa shape index (κ2) is 6.49. The molecular weight excluding hydrogens is 348 g/mol. The number of nitrogens with one attached hydrogen (secondary N) is 2. The summed E-state index contributed by atoms with van der Waals surface area (Å²) in [6.07, 6.45) is 1.82. The van der Waals surface area contributed by atoms with E-state index in [1.807, 2.05) is 35.0 Å². The smallest absolute Gasteiger partial charge is 0.357 e. The summed E-state index contributed by atoms with van der Waals surface area (Å²) in [5.74, 6) is -0.681. The van der Waals surface area contributed by atoms with Gasteiger partial charge in [-0.2, -0.15) is 5.10 Å². The van der Waals surface area contributed by atoms with Crippen LogP contribution in [0.5, 0.6) is 5.75 Å². The van der Waals surface area contributed by atoms with Crippen LogP contribution in [0.4, 0.5) is 5.69 Å². The van der Waals surface area contributed by atoms with E-state index in [0.717, 1.165) is 16.7 Å². The van der Waals surface area contributed by atoms with Crippen molar-refractivity contribution in [2.24, 2.45) is 0 Å². The Balaban J connectivity index is 1.61. The van der Waals surface area contributed by atoms with E-state index in [1.54, 1.807) is 25.3 Å². The molecule has 0 spiro atoms. The number of aromatic nitrogens is 3. The molecule has 0 aliphatic carbocycles. The SMILES string of the molecule is COc1ccc2c(ccn2CC(=O)Nc2cccc3[nH]nc(C(=O)O)c23)c1. The number of benzene rings is 2. The number of methoxy groups -OCH3 is 1. The van der Waals surface area contributed by atoms with Crippen LogP contribution >= 0.6 is 0 Å². The summed E-state index contributed by atoms with van der Waals surface area (Å²) in [6, 6.07) is 12.6. The van der Waals surface area contributed by atoms with Crippen LogP contribution in [0.2, 0.25) is 0 Å². The van der Waals surface area contributed by atoms with Crippen molar-refractivity contribution >= 4 is 39.4 Å². The maximum absolute atomic E-state index is 12.6. The molecule has 0 saturated heterocycles. The van der Waals surface area contributed by atoms with Gasteiger partial charge in [-0.15, -0.1) is 0 Å². The minimum absolute atomic E-state index is 0.0898. The van der Waals surface area contributed by atoms with E-state index in [2.05, 4.69) is 15.5 Å². The standard InChI is InChI=1S/C19H16N4O4/c1-27-12-5-6-15-11(9-12)7-8-23(15)10-16(24)20-13-3-2-4-14-17(13)18(19(25)26)22-21-14/h2-9H,10H2,1H3,(H,20,24)(H,21,22)(H,25,26). The van der Waals surface area contributed by atoms with Crippen molar-refractivity contribution in [1.82, 2.24) is 14.8 Å². The number of carboxylic acids is 1. The highest BCUT2D eigenvalue weighted by Gasteiger charge is 2.17. The predicted molar refractivity (Wildman–Crippen MR) is 100 cm³/mol. The Morgan fingerprint density at radius 2 is 2.11 bits per heavy atom. The first-order valence-corrected chi connectivity index (χ1v) is 8.20. The summed E-state index contributed by atoms with van der Waals surface area (Å²) in [7, 11) is 1.60. The van der Waals surface area contributed by atoms with Crippen LogP contribution in [0.1, 0.15) is 10.5 Å². The molecule has 2 aromatic carbocycles. The first kappa shape index (κ1) is 16.6. The van der Waals surface area contributed by atoms with Crippen molar-refractivity contribution in [2.75, 3.05) is 12.4 Å². The van der Waals surface area contributed by atoms with Gasteiger partial charge in [0.05, 0.1) is 23.7 Å². The third-order valence-corrected chi connectivity index (χ3v) is 4.36. The molecule has 27 heavy (non-hydrogen) atoms. The van der Waals surface area contributed by atoms with Gasteiger partial charge in [0, 0.05) is 17.1 Å². The molecule has 0 unspecified atom stereocenters. The summed E-state index contributed by atoms with van der Waals surface area (Å²) in [5.41, 5.74) is 1.73. The maximum Gasteiger partial charge on any atom is 0.357 e. The van der Waals surface area contributed by atoms with Gasteiger partial charge in [0.1, 0.15) is 12.3 Å². The first-order valence-electron chi connectivity index (χ1n) is 8.20. The van der Waals surface area contributed by atoms with Crippen molar-refractivity contribution in [2.45, 2.75) is 6.54 Å². The summed E-state index contributed by atoms with van der Waals surface area (Å²) in [6.45, 7) is 0.0898. The molecule has 0 bridgehead atoms. The average Bonchev–Trinajstić information content (AvgIpc) is 3.26. The van der Waals surface area contributed by atoms with Crippen molar-refractivity contribution in [3.63, 3.8) is 0 Å². The van der Waals surface area contributed by atoms with Crippen molar-refractivity contribution in [3.05, 3.63) is 54.4 Å². The largest absolute Gasteiger partial charge is 0.497 e. The van der Waals surface area contributed by atoms with Crippen LogP contribution in [0.15, 0.2) is 48.7 Å². The van der Waals surface area contributed by atoms with Gasteiger partial charge >= 0.3 is 5.97 Å². The number of hydrogen-bond donors (Lipinski definition) is 3. The second-order valence-electron chi connectivity index (χ2n) is 6.02. The topological polar surface area (TPSA) is 109 Å². The average molecular weight is 364 g/mol. The Morgan fingerprint density at radius 1 is 1.26 bits per heavy atom. The van der Waals surface area contributed by atoms with Gasteiger partial charge < -0.3 is 19.7 Å². The zero-order chi connectivity index (χ0) is 19.0. The third-order valence-electron chi connectivity index (χ3n) is 4.36. The van der Waals surface area contributed by atoms with Gasteiger partial charge in [0.25, 0.3) is 0 Å².